The van der Waals surface area contributed by atoms with Gasteiger partial charge in [0.1, 0.15) is 0 Å². The van der Waals surface area contributed by atoms with Crippen LogP contribution in [0.1, 0.15) is 77.6 Å². The molecule has 16 heavy (non-hydrogen) atoms. The first kappa shape index (κ1) is 15.5. The molecule has 0 aromatic heterocycles. The van der Waals surface area contributed by atoms with Gasteiger partial charge in [-0.2, -0.15) is 0 Å². The fraction of sp³-hybridized carbons (Fsp3) is 0.867. The predicted octanol–water partition coefficient (Wildman–Crippen LogP) is 4.26. The van der Waals surface area contributed by atoms with Crippen molar-refractivity contribution in [3.8, 4) is 11.8 Å². The maximum Gasteiger partial charge on any atom is 0.00891 e. The largest absolute Gasteiger partial charge is 0.330 e. The van der Waals surface area contributed by atoms with Crippen molar-refractivity contribution < 1.29 is 0 Å². The number of nitrogens with two attached hydrogens (primary N) is 1. The lowest BCUT2D eigenvalue weighted by Crippen LogP contribution is -1.96. The molecule has 2 N–H and O–H groups in total. The van der Waals surface area contributed by atoms with Gasteiger partial charge >= 0.3 is 0 Å². The van der Waals surface area contributed by atoms with Crippen molar-refractivity contribution in [2.45, 2.75) is 77.6 Å². The van der Waals surface area contributed by atoms with E-state index >= 15 is 0 Å². The van der Waals surface area contributed by atoms with E-state index in [1.165, 1.54) is 51.4 Å². The Morgan fingerprint density at radius 3 is 1.75 bits per heavy atom. The van der Waals surface area contributed by atoms with E-state index in [0.717, 1.165) is 25.8 Å². The maximum atomic E-state index is 5.41. The molecule has 0 spiro atoms. The van der Waals surface area contributed by atoms with Gasteiger partial charge in [-0.3, -0.25) is 0 Å². The summed E-state index contributed by atoms with van der Waals surface area (Å²) in [5, 5.41) is 0. The molecule has 0 saturated heterocycles. The molecule has 0 radical (unpaired) electrons. The van der Waals surface area contributed by atoms with E-state index in [2.05, 4.69) is 18.8 Å². The average Bonchev–Trinajstić information content (AvgIpc) is 2.31. The Kier molecular flexibility index (Phi) is 14.1. The van der Waals surface area contributed by atoms with Crippen molar-refractivity contribution in [2.75, 3.05) is 6.54 Å². The first-order valence-corrected chi connectivity index (χ1v) is 7.07. The molecule has 0 bridgehead atoms. The van der Waals surface area contributed by atoms with Gasteiger partial charge in [0.25, 0.3) is 0 Å². The van der Waals surface area contributed by atoms with Crippen LogP contribution >= 0.6 is 0 Å². The van der Waals surface area contributed by atoms with Crippen LogP contribution in [0.4, 0.5) is 0 Å². The summed E-state index contributed by atoms with van der Waals surface area (Å²) in [6.45, 7) is 3.07. The first-order valence-electron chi connectivity index (χ1n) is 7.07. The Labute approximate surface area is 102 Å². The third-order valence-electron chi connectivity index (χ3n) is 2.79. The molecule has 0 aromatic rings. The molecule has 0 aromatic carbocycles. The molecule has 0 aliphatic carbocycles. The van der Waals surface area contributed by atoms with Crippen LogP contribution in [-0.2, 0) is 0 Å². The van der Waals surface area contributed by atoms with Gasteiger partial charge < -0.3 is 5.73 Å². The number of hydrogen-bond acceptors (Lipinski definition) is 1. The van der Waals surface area contributed by atoms with E-state index in [-0.39, 0.29) is 0 Å². The molecule has 1 nitrogen and oxygen atoms in total. The highest BCUT2D eigenvalue weighted by molar-refractivity contribution is 4.98. The van der Waals surface area contributed by atoms with Gasteiger partial charge in [-0.15, -0.1) is 11.8 Å². The Bertz CT molecular complexity index is 176. The zero-order chi connectivity index (χ0) is 11.9. The second-order valence-corrected chi connectivity index (χ2v) is 4.47. The second-order valence-electron chi connectivity index (χ2n) is 4.47. The van der Waals surface area contributed by atoms with Crippen LogP contribution in [0.2, 0.25) is 0 Å². The number of unbranched alkanes of at least 4 members (excludes halogenated alkanes) is 9. The van der Waals surface area contributed by atoms with Crippen molar-refractivity contribution in [3.05, 3.63) is 0 Å². The van der Waals surface area contributed by atoms with Gasteiger partial charge in [0.05, 0.1) is 0 Å². The minimum Gasteiger partial charge on any atom is -0.330 e. The first-order chi connectivity index (χ1) is 7.91. The van der Waals surface area contributed by atoms with Crippen LogP contribution in [0.15, 0.2) is 0 Å². The molecule has 0 fully saturated rings. The summed E-state index contributed by atoms with van der Waals surface area (Å²) in [6, 6.07) is 0. The topological polar surface area (TPSA) is 26.0 Å². The molecule has 0 rings (SSSR count). The second kappa shape index (κ2) is 14.5. The molecule has 0 unspecified atom stereocenters. The fourth-order valence-electron chi connectivity index (χ4n) is 1.70. The fourth-order valence-corrected chi connectivity index (χ4v) is 1.70. The van der Waals surface area contributed by atoms with Crippen molar-refractivity contribution in [1.29, 1.82) is 0 Å². The quantitative estimate of drug-likeness (QED) is 0.434. The smallest absolute Gasteiger partial charge is 0.00891 e. The average molecular weight is 223 g/mol. The Hall–Kier alpha value is -0.480. The highest BCUT2D eigenvalue weighted by atomic mass is 14.5. The van der Waals surface area contributed by atoms with Crippen LogP contribution in [0, 0.1) is 11.8 Å². The predicted molar refractivity (Wildman–Crippen MR) is 73.3 cm³/mol. The molecule has 0 aliphatic heterocycles. The Balaban J connectivity index is 3.02. The zero-order valence-electron chi connectivity index (χ0n) is 11.1. The summed E-state index contributed by atoms with van der Waals surface area (Å²) in [5.74, 6) is 6.48. The lowest BCUT2D eigenvalue weighted by Gasteiger charge is -1.97. The molecule has 1 heteroatoms. The minimum absolute atomic E-state index is 0.805. The van der Waals surface area contributed by atoms with E-state index < -0.39 is 0 Å². The van der Waals surface area contributed by atoms with Gasteiger partial charge in [0, 0.05) is 12.8 Å². The molecule has 0 saturated carbocycles. The van der Waals surface area contributed by atoms with E-state index in [1.807, 2.05) is 0 Å². The van der Waals surface area contributed by atoms with Crippen molar-refractivity contribution in [3.63, 3.8) is 0 Å². The summed E-state index contributed by atoms with van der Waals surface area (Å²) >= 11 is 0. The van der Waals surface area contributed by atoms with Crippen molar-refractivity contribution in [2.24, 2.45) is 5.73 Å². The summed E-state index contributed by atoms with van der Waals surface area (Å²) in [5.41, 5.74) is 5.41. The number of rotatable bonds is 10. The van der Waals surface area contributed by atoms with E-state index in [0.29, 0.717) is 0 Å². The van der Waals surface area contributed by atoms with Crippen LogP contribution in [0.25, 0.3) is 0 Å². The van der Waals surface area contributed by atoms with Crippen LogP contribution in [-0.4, -0.2) is 6.54 Å². The molecule has 0 aliphatic rings. The third-order valence-corrected chi connectivity index (χ3v) is 2.79. The standard InChI is InChI=1S/C15H29N/c1-2-3-4-5-6-7-8-9-10-11-12-13-14-15-16/h2-9,12-16H2,1H3. The van der Waals surface area contributed by atoms with Crippen LogP contribution in [0.5, 0.6) is 0 Å². The molecular formula is C15H29N. The highest BCUT2D eigenvalue weighted by Gasteiger charge is 1.89. The molecular weight excluding hydrogens is 194 g/mol. The van der Waals surface area contributed by atoms with Gasteiger partial charge in [0.15, 0.2) is 0 Å². The van der Waals surface area contributed by atoms with Crippen molar-refractivity contribution >= 4 is 0 Å². The maximum absolute atomic E-state index is 5.41. The summed E-state index contributed by atoms with van der Waals surface area (Å²) < 4.78 is 0. The summed E-state index contributed by atoms with van der Waals surface area (Å²) in [6.07, 6.45) is 14.0. The lowest BCUT2D eigenvalue weighted by molar-refractivity contribution is 0.594. The van der Waals surface area contributed by atoms with Gasteiger partial charge in [-0.1, -0.05) is 45.4 Å². The molecule has 0 amide bonds. The molecule has 94 valence electrons. The van der Waals surface area contributed by atoms with Gasteiger partial charge in [-0.05, 0) is 25.8 Å². The molecule has 0 atom stereocenters. The van der Waals surface area contributed by atoms with E-state index in [1.54, 1.807) is 0 Å². The van der Waals surface area contributed by atoms with Crippen molar-refractivity contribution in [1.82, 2.24) is 0 Å². The van der Waals surface area contributed by atoms with Gasteiger partial charge in [-0.25, -0.2) is 0 Å². The normalized spacial score (nSPS) is 9.88. The summed E-state index contributed by atoms with van der Waals surface area (Å²) in [7, 11) is 0. The monoisotopic (exact) mass is 223 g/mol. The number of hydrogen-bond donors (Lipinski definition) is 1. The van der Waals surface area contributed by atoms with Crippen LogP contribution in [0.3, 0.4) is 0 Å². The van der Waals surface area contributed by atoms with E-state index in [9.17, 15) is 0 Å². The zero-order valence-corrected chi connectivity index (χ0v) is 11.1. The Morgan fingerprint density at radius 1 is 0.688 bits per heavy atom. The van der Waals surface area contributed by atoms with Crippen LogP contribution < -0.4 is 5.73 Å². The minimum atomic E-state index is 0.805. The molecule has 0 heterocycles. The third kappa shape index (κ3) is 13.5. The van der Waals surface area contributed by atoms with Gasteiger partial charge in [0.2, 0.25) is 0 Å². The lowest BCUT2D eigenvalue weighted by atomic mass is 10.1. The van der Waals surface area contributed by atoms with E-state index in [4.69, 9.17) is 5.73 Å². The summed E-state index contributed by atoms with van der Waals surface area (Å²) in [4.78, 5) is 0. The highest BCUT2D eigenvalue weighted by Crippen LogP contribution is 2.07. The SMILES string of the molecule is CCCCCCCCCC#CCCCCN. The Morgan fingerprint density at radius 2 is 1.19 bits per heavy atom.